The zero-order valence-corrected chi connectivity index (χ0v) is 12.6. The van der Waals surface area contributed by atoms with E-state index in [9.17, 15) is 4.79 Å². The summed E-state index contributed by atoms with van der Waals surface area (Å²) in [5, 5.41) is 6.51. The average molecular weight is 296 g/mol. The van der Waals surface area contributed by atoms with Crippen molar-refractivity contribution in [3.8, 4) is 0 Å². The number of carbonyl (C=O) groups is 1. The number of halogens is 1. The van der Waals surface area contributed by atoms with E-state index in [0.717, 1.165) is 32.5 Å². The van der Waals surface area contributed by atoms with Gasteiger partial charge in [0.2, 0.25) is 5.91 Å². The molecule has 1 aliphatic heterocycles. The smallest absolute Gasteiger partial charge is 0.242 e. The third kappa shape index (κ3) is 3.25. The molecule has 1 amide bonds. The summed E-state index contributed by atoms with van der Waals surface area (Å²) < 4.78 is 0. The van der Waals surface area contributed by atoms with Crippen LogP contribution in [0.2, 0.25) is 0 Å². The van der Waals surface area contributed by atoms with Crippen LogP contribution in [0.3, 0.4) is 0 Å². The number of anilines is 1. The van der Waals surface area contributed by atoms with Crippen molar-refractivity contribution in [3.05, 3.63) is 29.8 Å². The maximum atomic E-state index is 12.2. The molecule has 0 radical (unpaired) electrons. The lowest BCUT2D eigenvalue weighted by Crippen LogP contribution is -2.47. The first-order valence-electron chi connectivity index (χ1n) is 7.11. The Morgan fingerprint density at radius 1 is 1.40 bits per heavy atom. The summed E-state index contributed by atoms with van der Waals surface area (Å²) >= 11 is 0. The summed E-state index contributed by atoms with van der Waals surface area (Å²) in [5.74, 6) is 0.152. The minimum atomic E-state index is -0.110. The summed E-state index contributed by atoms with van der Waals surface area (Å²) in [7, 11) is 0. The molecule has 0 spiro atoms. The maximum Gasteiger partial charge on any atom is 0.242 e. The van der Waals surface area contributed by atoms with Crippen LogP contribution in [-0.2, 0) is 11.3 Å². The van der Waals surface area contributed by atoms with Gasteiger partial charge in [-0.05, 0) is 31.4 Å². The van der Waals surface area contributed by atoms with Crippen LogP contribution >= 0.6 is 12.4 Å². The van der Waals surface area contributed by atoms with E-state index in [1.54, 1.807) is 0 Å². The van der Waals surface area contributed by atoms with Crippen LogP contribution in [0.15, 0.2) is 24.3 Å². The summed E-state index contributed by atoms with van der Waals surface area (Å²) in [6.07, 6.45) is 2.27. The Kier molecular flexibility index (Phi) is 4.89. The Hall–Kier alpha value is -1.26. The van der Waals surface area contributed by atoms with Crippen LogP contribution < -0.4 is 15.5 Å². The largest absolute Gasteiger partial charge is 0.358 e. The number of benzene rings is 1. The Labute approximate surface area is 126 Å². The van der Waals surface area contributed by atoms with Gasteiger partial charge in [-0.2, -0.15) is 0 Å². The lowest BCUT2D eigenvalue weighted by atomic mass is 10.1. The molecule has 1 saturated carbocycles. The molecule has 0 saturated heterocycles. The van der Waals surface area contributed by atoms with Gasteiger partial charge in [-0.3, -0.25) is 4.79 Å². The molecule has 2 aliphatic rings. The first-order chi connectivity index (χ1) is 9.25. The van der Waals surface area contributed by atoms with Gasteiger partial charge in [-0.25, -0.2) is 0 Å². The Bertz CT molecular complexity index is 476. The zero-order valence-electron chi connectivity index (χ0n) is 11.8. The Morgan fingerprint density at radius 3 is 2.90 bits per heavy atom. The molecular weight excluding hydrogens is 274 g/mol. The number of hydrogen-bond acceptors (Lipinski definition) is 3. The molecular formula is C15H22ClN3O. The second-order valence-corrected chi connectivity index (χ2v) is 5.46. The van der Waals surface area contributed by atoms with Gasteiger partial charge in [0, 0.05) is 31.4 Å². The standard InChI is InChI=1S/C15H21N3O.ClH/c1-11(15(19)17-13-6-7-13)18-9-8-16-10-12-4-2-3-5-14(12)18;/h2-5,11,13,16H,6-10H2,1H3,(H,17,19);1H. The summed E-state index contributed by atoms with van der Waals surface area (Å²) in [5.41, 5.74) is 2.46. The molecule has 0 bridgehead atoms. The van der Waals surface area contributed by atoms with Crippen LogP contribution in [0.5, 0.6) is 0 Å². The molecule has 1 heterocycles. The second-order valence-electron chi connectivity index (χ2n) is 5.46. The van der Waals surface area contributed by atoms with E-state index in [1.165, 1.54) is 11.3 Å². The van der Waals surface area contributed by atoms with E-state index in [1.807, 2.05) is 13.0 Å². The Balaban J connectivity index is 0.00000147. The monoisotopic (exact) mass is 295 g/mol. The van der Waals surface area contributed by atoms with Crippen LogP contribution in [-0.4, -0.2) is 31.1 Å². The highest BCUT2D eigenvalue weighted by atomic mass is 35.5. The molecule has 0 aromatic heterocycles. The highest BCUT2D eigenvalue weighted by molar-refractivity contribution is 5.86. The highest BCUT2D eigenvalue weighted by Crippen LogP contribution is 2.25. The van der Waals surface area contributed by atoms with Gasteiger partial charge in [-0.1, -0.05) is 18.2 Å². The molecule has 1 fully saturated rings. The van der Waals surface area contributed by atoms with E-state index in [-0.39, 0.29) is 24.4 Å². The number of rotatable bonds is 3. The number of carbonyl (C=O) groups excluding carboxylic acids is 1. The minimum Gasteiger partial charge on any atom is -0.358 e. The van der Waals surface area contributed by atoms with E-state index >= 15 is 0 Å². The number of nitrogens with zero attached hydrogens (tertiary/aromatic N) is 1. The van der Waals surface area contributed by atoms with Crippen LogP contribution in [0.1, 0.15) is 25.3 Å². The molecule has 3 rings (SSSR count). The van der Waals surface area contributed by atoms with Crippen molar-refractivity contribution < 1.29 is 4.79 Å². The molecule has 1 atom stereocenters. The molecule has 1 unspecified atom stereocenters. The van der Waals surface area contributed by atoms with Gasteiger partial charge in [0.15, 0.2) is 0 Å². The number of nitrogens with one attached hydrogen (secondary N) is 2. The molecule has 1 aromatic rings. The van der Waals surface area contributed by atoms with Crippen molar-refractivity contribution in [3.63, 3.8) is 0 Å². The van der Waals surface area contributed by atoms with Crippen molar-refractivity contribution in [2.24, 2.45) is 0 Å². The summed E-state index contributed by atoms with van der Waals surface area (Å²) in [6.45, 7) is 4.66. The third-order valence-corrected chi connectivity index (χ3v) is 3.92. The van der Waals surface area contributed by atoms with Crippen LogP contribution in [0.25, 0.3) is 0 Å². The second kappa shape index (κ2) is 6.46. The van der Waals surface area contributed by atoms with Gasteiger partial charge in [-0.15, -0.1) is 12.4 Å². The quantitative estimate of drug-likeness (QED) is 0.892. The van der Waals surface area contributed by atoms with Gasteiger partial charge >= 0.3 is 0 Å². The van der Waals surface area contributed by atoms with Crippen molar-refractivity contribution in [1.82, 2.24) is 10.6 Å². The summed E-state index contributed by atoms with van der Waals surface area (Å²) in [6, 6.07) is 8.66. The first-order valence-corrected chi connectivity index (χ1v) is 7.11. The Morgan fingerprint density at radius 2 is 2.15 bits per heavy atom. The van der Waals surface area contributed by atoms with Crippen molar-refractivity contribution in [2.75, 3.05) is 18.0 Å². The number of amides is 1. The van der Waals surface area contributed by atoms with Crippen LogP contribution in [0, 0.1) is 0 Å². The van der Waals surface area contributed by atoms with E-state index < -0.39 is 0 Å². The highest BCUT2D eigenvalue weighted by Gasteiger charge is 2.29. The zero-order chi connectivity index (χ0) is 13.2. The fourth-order valence-corrected chi connectivity index (χ4v) is 2.58. The van der Waals surface area contributed by atoms with E-state index in [4.69, 9.17) is 0 Å². The number of para-hydroxylation sites is 1. The predicted molar refractivity (Wildman–Crippen MR) is 83.4 cm³/mol. The van der Waals surface area contributed by atoms with Gasteiger partial charge in [0.25, 0.3) is 0 Å². The first kappa shape index (κ1) is 15.1. The van der Waals surface area contributed by atoms with Crippen LogP contribution in [0.4, 0.5) is 5.69 Å². The molecule has 1 aromatic carbocycles. The normalized spacial score (nSPS) is 19.4. The van der Waals surface area contributed by atoms with Crippen molar-refractivity contribution >= 4 is 24.0 Å². The van der Waals surface area contributed by atoms with Gasteiger partial charge in [0.05, 0.1) is 0 Å². The molecule has 2 N–H and O–H groups in total. The molecule has 1 aliphatic carbocycles. The molecule has 20 heavy (non-hydrogen) atoms. The van der Waals surface area contributed by atoms with Gasteiger partial charge in [0.1, 0.15) is 6.04 Å². The predicted octanol–water partition coefficient (Wildman–Crippen LogP) is 1.69. The molecule has 110 valence electrons. The topological polar surface area (TPSA) is 44.4 Å². The lowest BCUT2D eigenvalue weighted by molar-refractivity contribution is -0.122. The third-order valence-electron chi connectivity index (χ3n) is 3.92. The van der Waals surface area contributed by atoms with Crippen molar-refractivity contribution in [1.29, 1.82) is 0 Å². The average Bonchev–Trinajstić information content (AvgIpc) is 3.23. The van der Waals surface area contributed by atoms with Gasteiger partial charge < -0.3 is 15.5 Å². The number of hydrogen-bond donors (Lipinski definition) is 2. The maximum absolute atomic E-state index is 12.2. The molecule has 5 heteroatoms. The van der Waals surface area contributed by atoms with Crippen molar-refractivity contribution in [2.45, 2.75) is 38.4 Å². The fraction of sp³-hybridized carbons (Fsp3) is 0.533. The summed E-state index contributed by atoms with van der Waals surface area (Å²) in [4.78, 5) is 14.5. The minimum absolute atomic E-state index is 0. The fourth-order valence-electron chi connectivity index (χ4n) is 2.58. The SMILES string of the molecule is CC(C(=O)NC1CC1)N1CCNCc2ccccc21.Cl. The lowest BCUT2D eigenvalue weighted by Gasteiger charge is -2.30. The van der Waals surface area contributed by atoms with E-state index in [2.05, 4.69) is 33.7 Å². The number of fused-ring (bicyclic) bond motifs is 1. The molecule has 4 nitrogen and oxygen atoms in total. The van der Waals surface area contributed by atoms with E-state index in [0.29, 0.717) is 6.04 Å².